The molecular weight excluding hydrogens is 342 g/mol. The van der Waals surface area contributed by atoms with Gasteiger partial charge in [-0.25, -0.2) is 0 Å². The van der Waals surface area contributed by atoms with Crippen LogP contribution in [0, 0.1) is 0 Å². The Balaban J connectivity index is 1.55. The Morgan fingerprint density at radius 1 is 1.40 bits per heavy atom. The minimum atomic E-state index is -0.830. The van der Waals surface area contributed by atoms with Crippen molar-refractivity contribution in [1.29, 1.82) is 0 Å². The summed E-state index contributed by atoms with van der Waals surface area (Å²) in [5, 5.41) is 14.7. The maximum absolute atomic E-state index is 12.4. The van der Waals surface area contributed by atoms with Gasteiger partial charge < -0.3 is 15.7 Å². The summed E-state index contributed by atoms with van der Waals surface area (Å²) in [7, 11) is 0. The van der Waals surface area contributed by atoms with Crippen molar-refractivity contribution in [1.82, 2.24) is 10.2 Å². The van der Waals surface area contributed by atoms with E-state index in [0.29, 0.717) is 23.5 Å². The van der Waals surface area contributed by atoms with Crippen LogP contribution < -0.4 is 10.6 Å². The van der Waals surface area contributed by atoms with Crippen molar-refractivity contribution in [3.63, 3.8) is 0 Å². The van der Waals surface area contributed by atoms with E-state index in [2.05, 4.69) is 10.6 Å². The predicted molar refractivity (Wildman–Crippen MR) is 95.0 cm³/mol. The molecule has 3 rings (SSSR count). The van der Waals surface area contributed by atoms with Crippen molar-refractivity contribution in [3.05, 3.63) is 23.8 Å². The highest BCUT2D eigenvalue weighted by Crippen LogP contribution is 2.32. The molecule has 1 saturated carbocycles. The molecule has 2 amide bonds. The maximum Gasteiger partial charge on any atom is 0.317 e. The van der Waals surface area contributed by atoms with Gasteiger partial charge in [0.15, 0.2) is 0 Å². The van der Waals surface area contributed by atoms with E-state index < -0.39 is 5.97 Å². The number of carbonyl (C=O) groups excluding carboxylic acids is 2. The number of nitrogens with zero attached hydrogens (tertiary/aromatic N) is 1. The smallest absolute Gasteiger partial charge is 0.317 e. The van der Waals surface area contributed by atoms with Crippen LogP contribution in [0.1, 0.15) is 30.1 Å². The van der Waals surface area contributed by atoms with E-state index >= 15 is 0 Å². The van der Waals surface area contributed by atoms with E-state index in [1.165, 1.54) is 11.8 Å². The lowest BCUT2D eigenvalue weighted by molar-refractivity contribution is -0.139. The molecule has 1 aliphatic heterocycles. The number of aliphatic carboxylic acids is 1. The van der Waals surface area contributed by atoms with Crippen LogP contribution in [0.15, 0.2) is 23.1 Å². The third kappa shape index (κ3) is 4.13. The average molecular weight is 363 g/mol. The van der Waals surface area contributed by atoms with Crippen LogP contribution in [0.5, 0.6) is 0 Å². The van der Waals surface area contributed by atoms with E-state index in [0.717, 1.165) is 17.7 Å². The molecule has 1 heterocycles. The number of benzene rings is 1. The summed E-state index contributed by atoms with van der Waals surface area (Å²) < 4.78 is 0. The van der Waals surface area contributed by atoms with Gasteiger partial charge >= 0.3 is 5.97 Å². The van der Waals surface area contributed by atoms with E-state index in [9.17, 15) is 14.4 Å². The molecule has 2 aliphatic rings. The first-order chi connectivity index (χ1) is 12.0. The summed E-state index contributed by atoms with van der Waals surface area (Å²) in [6.45, 7) is 2.65. The molecule has 8 heteroatoms. The van der Waals surface area contributed by atoms with Crippen LogP contribution >= 0.6 is 11.8 Å². The van der Waals surface area contributed by atoms with Crippen LogP contribution in [0.4, 0.5) is 5.69 Å². The lowest BCUT2D eigenvalue weighted by Crippen LogP contribution is -2.54. The monoisotopic (exact) mass is 363 g/mol. The van der Waals surface area contributed by atoms with Crippen molar-refractivity contribution in [3.8, 4) is 0 Å². The Morgan fingerprint density at radius 2 is 2.16 bits per heavy atom. The molecule has 25 heavy (non-hydrogen) atoms. The Hall–Kier alpha value is -2.06. The molecule has 1 aliphatic carbocycles. The highest BCUT2D eigenvalue weighted by atomic mass is 32.2. The van der Waals surface area contributed by atoms with Crippen molar-refractivity contribution < 1.29 is 19.5 Å². The van der Waals surface area contributed by atoms with Crippen molar-refractivity contribution in [2.24, 2.45) is 0 Å². The molecule has 7 nitrogen and oxygen atoms in total. The fraction of sp³-hybridized carbons (Fsp3) is 0.471. The SMILES string of the molecule is CCN(CC(=O)O)C1CC(NC(=O)c2ccc3c(c2)NC(=O)CS3)C1. The second-order valence-corrected chi connectivity index (χ2v) is 7.32. The number of likely N-dealkylation sites (N-methyl/N-ethyl adjacent to an activating group) is 1. The van der Waals surface area contributed by atoms with Gasteiger partial charge in [0, 0.05) is 22.5 Å². The highest BCUT2D eigenvalue weighted by molar-refractivity contribution is 8.00. The van der Waals surface area contributed by atoms with E-state index in [1.807, 2.05) is 17.9 Å². The molecule has 0 atom stereocenters. The number of thioether (sulfide) groups is 1. The lowest BCUT2D eigenvalue weighted by atomic mass is 9.85. The standard InChI is InChI=1S/C17H21N3O4S/c1-2-20(8-16(22)23)12-6-11(7-12)18-17(24)10-3-4-14-13(5-10)19-15(21)9-25-14/h3-5,11-12H,2,6-9H2,1H3,(H,18,24)(H,19,21)(H,22,23). The molecule has 0 bridgehead atoms. The van der Waals surface area contributed by atoms with Crippen LogP contribution in [-0.4, -0.2) is 58.7 Å². The average Bonchev–Trinajstić information content (AvgIpc) is 2.54. The first kappa shape index (κ1) is 17.8. The molecular formula is C17H21N3O4S. The van der Waals surface area contributed by atoms with Crippen LogP contribution in [0.2, 0.25) is 0 Å². The molecule has 3 N–H and O–H groups in total. The van der Waals surface area contributed by atoms with Gasteiger partial charge in [0.1, 0.15) is 0 Å². The Labute approximate surface area is 150 Å². The number of hydrogen-bond acceptors (Lipinski definition) is 5. The van der Waals surface area contributed by atoms with Gasteiger partial charge in [-0.05, 0) is 37.6 Å². The van der Waals surface area contributed by atoms with Gasteiger partial charge in [0.05, 0.1) is 18.0 Å². The number of amides is 2. The zero-order valence-electron chi connectivity index (χ0n) is 13.9. The van der Waals surface area contributed by atoms with E-state index in [1.54, 1.807) is 12.1 Å². The number of carboxylic acid groups (broad SMARTS) is 1. The number of anilines is 1. The predicted octanol–water partition coefficient (Wildman–Crippen LogP) is 1.40. The fourth-order valence-electron chi connectivity index (χ4n) is 3.17. The number of nitrogens with one attached hydrogen (secondary N) is 2. The molecule has 0 aromatic heterocycles. The molecule has 0 saturated heterocycles. The normalized spacial score (nSPS) is 21.9. The zero-order chi connectivity index (χ0) is 18.0. The Bertz CT molecular complexity index is 703. The summed E-state index contributed by atoms with van der Waals surface area (Å²) >= 11 is 1.46. The van der Waals surface area contributed by atoms with Crippen LogP contribution in [0.25, 0.3) is 0 Å². The highest BCUT2D eigenvalue weighted by Gasteiger charge is 2.34. The number of rotatable bonds is 6. The molecule has 1 aromatic rings. The summed E-state index contributed by atoms with van der Waals surface area (Å²) in [5.74, 6) is -0.664. The summed E-state index contributed by atoms with van der Waals surface area (Å²) in [4.78, 5) is 37.6. The van der Waals surface area contributed by atoms with E-state index in [-0.39, 0.29) is 30.4 Å². The van der Waals surface area contributed by atoms with Gasteiger partial charge in [-0.2, -0.15) is 0 Å². The van der Waals surface area contributed by atoms with Crippen molar-refractivity contribution in [2.75, 3.05) is 24.2 Å². The Morgan fingerprint density at radius 3 is 2.84 bits per heavy atom. The first-order valence-corrected chi connectivity index (χ1v) is 9.28. The first-order valence-electron chi connectivity index (χ1n) is 8.29. The van der Waals surface area contributed by atoms with E-state index in [4.69, 9.17) is 5.11 Å². The number of carboxylic acids is 1. The quantitative estimate of drug-likeness (QED) is 0.707. The summed E-state index contributed by atoms with van der Waals surface area (Å²) in [6.07, 6.45) is 1.51. The van der Waals surface area contributed by atoms with Crippen molar-refractivity contribution in [2.45, 2.75) is 36.7 Å². The molecule has 0 radical (unpaired) electrons. The molecule has 1 aromatic carbocycles. The van der Waals surface area contributed by atoms with Gasteiger partial charge in [0.25, 0.3) is 5.91 Å². The minimum absolute atomic E-state index is 0.0318. The maximum atomic E-state index is 12.4. The zero-order valence-corrected chi connectivity index (χ0v) is 14.8. The largest absolute Gasteiger partial charge is 0.480 e. The molecule has 1 fully saturated rings. The third-order valence-electron chi connectivity index (χ3n) is 4.58. The van der Waals surface area contributed by atoms with Crippen LogP contribution in [0.3, 0.4) is 0 Å². The van der Waals surface area contributed by atoms with Gasteiger partial charge in [0.2, 0.25) is 5.91 Å². The summed E-state index contributed by atoms with van der Waals surface area (Å²) in [6, 6.07) is 5.57. The second-order valence-electron chi connectivity index (χ2n) is 6.30. The summed E-state index contributed by atoms with van der Waals surface area (Å²) in [5.41, 5.74) is 1.20. The number of fused-ring (bicyclic) bond motifs is 1. The molecule has 134 valence electrons. The third-order valence-corrected chi connectivity index (χ3v) is 5.66. The number of hydrogen-bond donors (Lipinski definition) is 3. The van der Waals surface area contributed by atoms with Gasteiger partial charge in [-0.3, -0.25) is 19.3 Å². The molecule has 0 spiro atoms. The van der Waals surface area contributed by atoms with Gasteiger partial charge in [-0.1, -0.05) is 6.92 Å². The van der Waals surface area contributed by atoms with Gasteiger partial charge in [-0.15, -0.1) is 11.8 Å². The Kier molecular flexibility index (Phi) is 5.29. The fourth-order valence-corrected chi connectivity index (χ4v) is 3.96. The topological polar surface area (TPSA) is 98.7 Å². The second kappa shape index (κ2) is 7.45. The van der Waals surface area contributed by atoms with Crippen molar-refractivity contribution >= 4 is 35.2 Å². The van der Waals surface area contributed by atoms with Crippen LogP contribution in [-0.2, 0) is 9.59 Å². The number of carbonyl (C=O) groups is 3. The minimum Gasteiger partial charge on any atom is -0.480 e. The molecule has 0 unspecified atom stereocenters. The lowest BCUT2D eigenvalue weighted by Gasteiger charge is -2.42.